The molecule has 0 saturated carbocycles. The molecule has 4 heterocycles. The van der Waals surface area contributed by atoms with E-state index in [0.29, 0.717) is 13.1 Å². The van der Waals surface area contributed by atoms with Gasteiger partial charge in [0.1, 0.15) is 17.6 Å². The van der Waals surface area contributed by atoms with Gasteiger partial charge in [-0.15, -0.1) is 4.59 Å². The van der Waals surface area contributed by atoms with Gasteiger partial charge in [0.2, 0.25) is 5.70 Å². The summed E-state index contributed by atoms with van der Waals surface area (Å²) in [5.41, 5.74) is 3.79. The number of ether oxygens (including phenoxy) is 1. The van der Waals surface area contributed by atoms with Gasteiger partial charge in [-0.2, -0.15) is 10.8 Å². The van der Waals surface area contributed by atoms with Crippen molar-refractivity contribution >= 4 is 29.0 Å². The van der Waals surface area contributed by atoms with Crippen LogP contribution in [0.2, 0.25) is 0 Å². The maximum absolute atomic E-state index is 11.8. The molecule has 1 fully saturated rings. The van der Waals surface area contributed by atoms with Crippen molar-refractivity contribution < 1.29 is 14.1 Å². The number of carbonyl (C=O) groups excluding carboxylic acids is 1. The maximum atomic E-state index is 11.8. The standard InChI is InChI=1S/C21H23N6O2/c1-29-21(28)26-9-6-14(7-10-26)19-18-13-23-8-11-27(18,22)20(25-19)17-12-15-4-2-3-5-16(15)24-17/h2-5,8,11-14,24H,6-7,9-10,22H2,1H3/q+1. The molecule has 3 aliphatic heterocycles. The van der Waals surface area contributed by atoms with Crippen LogP contribution in [-0.4, -0.2) is 52.8 Å². The van der Waals surface area contributed by atoms with Crippen molar-refractivity contribution in [2.45, 2.75) is 12.8 Å². The number of aromatic nitrogens is 1. The predicted octanol–water partition coefficient (Wildman–Crippen LogP) is 2.86. The number of hydrogen-bond donors (Lipinski definition) is 2. The maximum Gasteiger partial charge on any atom is 0.409 e. The lowest BCUT2D eigenvalue weighted by Gasteiger charge is -2.31. The van der Waals surface area contributed by atoms with Crippen LogP contribution in [0.25, 0.3) is 10.9 Å². The molecule has 3 N–H and O–H groups in total. The van der Waals surface area contributed by atoms with Gasteiger partial charge in [-0.05, 0) is 25.0 Å². The first kappa shape index (κ1) is 17.8. The normalized spacial score (nSPS) is 24.2. The minimum absolute atomic E-state index is 0.00285. The average molecular weight is 391 g/mol. The van der Waals surface area contributed by atoms with Crippen LogP contribution in [0, 0.1) is 5.92 Å². The number of aromatic amines is 1. The molecule has 0 radical (unpaired) electrons. The third-order valence-electron chi connectivity index (χ3n) is 5.91. The molecule has 0 bridgehead atoms. The molecular weight excluding hydrogens is 368 g/mol. The lowest BCUT2D eigenvalue weighted by atomic mass is 9.92. The van der Waals surface area contributed by atoms with E-state index in [-0.39, 0.29) is 16.6 Å². The van der Waals surface area contributed by atoms with E-state index in [4.69, 9.17) is 15.6 Å². The van der Waals surface area contributed by atoms with Gasteiger partial charge in [0.25, 0.3) is 5.84 Å². The number of allylic oxidation sites excluding steroid dienone is 2. The van der Waals surface area contributed by atoms with Gasteiger partial charge in [-0.25, -0.2) is 4.79 Å². The number of methoxy groups -OCH3 is 1. The fourth-order valence-electron chi connectivity index (χ4n) is 4.35. The number of amidine groups is 1. The number of carbonyl (C=O) groups is 1. The summed E-state index contributed by atoms with van der Waals surface area (Å²) in [6.45, 7) is 1.28. The Balaban J connectivity index is 1.51. The van der Waals surface area contributed by atoms with Crippen LogP contribution in [0.1, 0.15) is 18.5 Å². The fraction of sp³-hybridized carbons (Fsp3) is 0.286. The van der Waals surface area contributed by atoms with E-state index in [1.54, 1.807) is 17.3 Å². The SMILES string of the molecule is COC(=O)N1CCC(C2=C3C=NC=C[N+]3(N)C(c3cc4ccccc4[nH]3)=N2)CC1. The molecule has 1 atom stereocenters. The number of amides is 1. The lowest BCUT2D eigenvalue weighted by molar-refractivity contribution is -0.750. The van der Waals surface area contributed by atoms with Crippen molar-refractivity contribution in [1.82, 2.24) is 9.88 Å². The van der Waals surface area contributed by atoms with Crippen molar-refractivity contribution in [3.8, 4) is 0 Å². The molecule has 5 rings (SSSR count). The first-order valence-electron chi connectivity index (χ1n) is 9.73. The number of rotatable bonds is 2. The monoisotopic (exact) mass is 391 g/mol. The van der Waals surface area contributed by atoms with Crippen LogP contribution in [0.15, 0.2) is 64.1 Å². The zero-order chi connectivity index (χ0) is 20.0. The summed E-state index contributed by atoms with van der Waals surface area (Å²) in [6, 6.07) is 10.2. The molecule has 8 nitrogen and oxygen atoms in total. The zero-order valence-corrected chi connectivity index (χ0v) is 16.2. The Bertz CT molecular complexity index is 1070. The molecule has 29 heavy (non-hydrogen) atoms. The number of quaternary nitrogens is 1. The lowest BCUT2D eigenvalue weighted by Crippen LogP contribution is -2.53. The van der Waals surface area contributed by atoms with Crippen molar-refractivity contribution in [1.29, 1.82) is 0 Å². The van der Waals surface area contributed by atoms with Crippen molar-refractivity contribution in [2.24, 2.45) is 21.7 Å². The van der Waals surface area contributed by atoms with Crippen LogP contribution in [0.4, 0.5) is 4.79 Å². The van der Waals surface area contributed by atoms with Crippen molar-refractivity contribution in [2.75, 3.05) is 20.2 Å². The predicted molar refractivity (Wildman–Crippen MR) is 111 cm³/mol. The van der Waals surface area contributed by atoms with Gasteiger partial charge in [-0.3, -0.25) is 4.99 Å². The highest BCUT2D eigenvalue weighted by Gasteiger charge is 2.46. The largest absolute Gasteiger partial charge is 0.453 e. The van der Waals surface area contributed by atoms with E-state index in [0.717, 1.165) is 46.7 Å². The number of nitrogens with two attached hydrogens (primary N) is 1. The second-order valence-electron chi connectivity index (χ2n) is 7.56. The van der Waals surface area contributed by atoms with Crippen LogP contribution in [0.5, 0.6) is 0 Å². The number of piperidine rings is 1. The number of aliphatic imine (C=N–C) groups is 2. The van der Waals surface area contributed by atoms with Gasteiger partial charge >= 0.3 is 6.09 Å². The molecule has 0 spiro atoms. The zero-order valence-electron chi connectivity index (χ0n) is 16.2. The minimum atomic E-state index is -0.277. The third kappa shape index (κ3) is 2.80. The quantitative estimate of drug-likeness (QED) is 0.609. The van der Waals surface area contributed by atoms with Crippen LogP contribution in [0.3, 0.4) is 0 Å². The van der Waals surface area contributed by atoms with Gasteiger partial charge < -0.3 is 14.6 Å². The Morgan fingerprint density at radius 3 is 2.86 bits per heavy atom. The van der Waals surface area contributed by atoms with Crippen LogP contribution < -0.4 is 5.84 Å². The van der Waals surface area contributed by atoms with E-state index in [9.17, 15) is 4.79 Å². The number of hydrogen-bond acceptors (Lipinski definition) is 5. The number of likely N-dealkylation sites (tertiary alicyclic amines) is 1. The molecular formula is C21H23N6O2+. The number of para-hydroxylation sites is 1. The molecule has 1 amide bonds. The first-order valence-corrected chi connectivity index (χ1v) is 9.73. The summed E-state index contributed by atoms with van der Waals surface area (Å²) < 4.78 is 4.85. The van der Waals surface area contributed by atoms with E-state index >= 15 is 0 Å². The summed E-state index contributed by atoms with van der Waals surface area (Å²) in [7, 11) is 1.41. The van der Waals surface area contributed by atoms with Crippen molar-refractivity contribution in [3.63, 3.8) is 0 Å². The summed E-state index contributed by atoms with van der Waals surface area (Å²) >= 11 is 0. The number of benzene rings is 1. The highest BCUT2D eigenvalue weighted by molar-refractivity contribution is 6.02. The fourth-order valence-corrected chi connectivity index (χ4v) is 4.35. The smallest absolute Gasteiger partial charge is 0.409 e. The Morgan fingerprint density at radius 2 is 2.10 bits per heavy atom. The van der Waals surface area contributed by atoms with Gasteiger partial charge in [0.15, 0.2) is 0 Å². The highest BCUT2D eigenvalue weighted by atomic mass is 16.5. The summed E-state index contributed by atoms with van der Waals surface area (Å²) in [6.07, 6.45) is 6.73. The second-order valence-corrected chi connectivity index (χ2v) is 7.56. The van der Waals surface area contributed by atoms with E-state index in [2.05, 4.69) is 22.1 Å². The third-order valence-corrected chi connectivity index (χ3v) is 5.91. The van der Waals surface area contributed by atoms with Crippen LogP contribution >= 0.6 is 0 Å². The summed E-state index contributed by atoms with van der Waals surface area (Å²) in [4.78, 5) is 26.3. The number of H-pyrrole nitrogens is 1. The summed E-state index contributed by atoms with van der Waals surface area (Å²) in [5, 5.41) is 1.12. The number of nitrogens with zero attached hydrogens (tertiary/aromatic N) is 4. The number of nitrogens with one attached hydrogen (secondary N) is 1. The highest BCUT2D eigenvalue weighted by Crippen LogP contribution is 2.38. The first-order chi connectivity index (χ1) is 14.1. The Hall–Kier alpha value is -3.23. The second kappa shape index (κ2) is 6.68. The Morgan fingerprint density at radius 1 is 1.31 bits per heavy atom. The molecule has 3 aliphatic rings. The van der Waals surface area contributed by atoms with Crippen LogP contribution in [-0.2, 0) is 4.74 Å². The summed E-state index contributed by atoms with van der Waals surface area (Å²) in [5.74, 6) is 7.79. The molecule has 1 aromatic carbocycles. The minimum Gasteiger partial charge on any atom is -0.453 e. The molecule has 1 aromatic heterocycles. The topological polar surface area (TPSA) is 96.1 Å². The molecule has 8 heteroatoms. The Kier molecular flexibility index (Phi) is 4.11. The van der Waals surface area contributed by atoms with Gasteiger partial charge in [0.05, 0.1) is 19.5 Å². The van der Waals surface area contributed by atoms with E-state index < -0.39 is 0 Å². The molecule has 2 aromatic rings. The van der Waals surface area contributed by atoms with Crippen molar-refractivity contribution in [3.05, 3.63) is 59.8 Å². The molecule has 1 unspecified atom stereocenters. The molecule has 0 aliphatic carbocycles. The molecule has 1 saturated heterocycles. The van der Waals surface area contributed by atoms with Gasteiger partial charge in [-0.1, -0.05) is 18.2 Å². The number of fused-ring (bicyclic) bond motifs is 2. The van der Waals surface area contributed by atoms with E-state index in [1.165, 1.54) is 7.11 Å². The average Bonchev–Trinajstić information content (AvgIpc) is 3.31. The molecule has 148 valence electrons. The Labute approximate surface area is 168 Å². The van der Waals surface area contributed by atoms with Gasteiger partial charge in [0, 0.05) is 29.9 Å². The van der Waals surface area contributed by atoms with E-state index in [1.807, 2.05) is 24.4 Å².